The molecular formula is C28H35ClN2O2. The molecule has 1 N–H and O–H groups in total. The molecule has 5 heteroatoms. The predicted octanol–water partition coefficient (Wildman–Crippen LogP) is 6.42. The van der Waals surface area contributed by atoms with E-state index in [2.05, 4.69) is 30.1 Å². The highest BCUT2D eigenvalue weighted by molar-refractivity contribution is 6.30. The smallest absolute Gasteiger partial charge is 0.228 e. The minimum absolute atomic E-state index is 0.0556. The zero-order valence-corrected chi connectivity index (χ0v) is 20.5. The van der Waals surface area contributed by atoms with Gasteiger partial charge in [-0.15, -0.1) is 0 Å². The number of benzene rings is 1. The summed E-state index contributed by atoms with van der Waals surface area (Å²) in [6, 6.07) is 7.88. The van der Waals surface area contributed by atoms with Gasteiger partial charge in [0.25, 0.3) is 0 Å². The Hall–Kier alpha value is -1.81. The van der Waals surface area contributed by atoms with E-state index in [1.54, 1.807) is 0 Å². The number of amides is 2. The number of hydrogen-bond donors (Lipinski definition) is 1. The van der Waals surface area contributed by atoms with E-state index in [-0.39, 0.29) is 22.7 Å². The highest BCUT2D eigenvalue weighted by Crippen LogP contribution is 2.66. The van der Waals surface area contributed by atoms with Gasteiger partial charge in [-0.2, -0.15) is 0 Å². The monoisotopic (exact) mass is 466 g/mol. The molecule has 0 aromatic heterocycles. The first kappa shape index (κ1) is 21.7. The normalized spacial score (nSPS) is 39.9. The topological polar surface area (TPSA) is 49.4 Å². The molecule has 4 fully saturated rings. The van der Waals surface area contributed by atoms with Gasteiger partial charge in [-0.3, -0.25) is 9.59 Å². The number of piperidine rings is 1. The summed E-state index contributed by atoms with van der Waals surface area (Å²) >= 11 is 6.01. The average Bonchev–Trinajstić information content (AvgIpc) is 3.56. The molecular weight excluding hydrogens is 432 g/mol. The van der Waals surface area contributed by atoms with E-state index in [9.17, 15) is 9.59 Å². The SMILES string of the molecule is C[C@]12CC[C@H]3[C@@H](CC=C4N(C5CC5)C(=O)CC[C@@]43C)[C@@H]1CC[C@@H]2C(=O)Nc1ccc(Cl)cc1. The van der Waals surface area contributed by atoms with E-state index in [0.29, 0.717) is 41.1 Å². The van der Waals surface area contributed by atoms with Gasteiger partial charge in [0.1, 0.15) is 0 Å². The Bertz CT molecular complexity index is 1020. The summed E-state index contributed by atoms with van der Waals surface area (Å²) in [5.41, 5.74) is 2.35. The van der Waals surface area contributed by atoms with E-state index in [4.69, 9.17) is 11.6 Å². The molecule has 1 aliphatic heterocycles. The van der Waals surface area contributed by atoms with Gasteiger partial charge in [0.05, 0.1) is 0 Å². The first-order valence-electron chi connectivity index (χ1n) is 12.9. The van der Waals surface area contributed by atoms with Crippen LogP contribution in [0, 0.1) is 34.5 Å². The summed E-state index contributed by atoms with van der Waals surface area (Å²) in [4.78, 5) is 28.4. The quantitative estimate of drug-likeness (QED) is 0.559. The van der Waals surface area contributed by atoms with E-state index in [1.165, 1.54) is 25.0 Å². The van der Waals surface area contributed by atoms with Crippen LogP contribution < -0.4 is 5.32 Å². The number of halogens is 1. The van der Waals surface area contributed by atoms with Crippen LogP contribution in [0.5, 0.6) is 0 Å². The van der Waals surface area contributed by atoms with Crippen molar-refractivity contribution in [3.8, 4) is 0 Å². The minimum Gasteiger partial charge on any atom is -0.326 e. The number of hydrogen-bond acceptors (Lipinski definition) is 2. The molecule has 33 heavy (non-hydrogen) atoms. The van der Waals surface area contributed by atoms with Crippen LogP contribution in [0.4, 0.5) is 5.69 Å². The molecule has 1 saturated heterocycles. The highest BCUT2D eigenvalue weighted by atomic mass is 35.5. The Morgan fingerprint density at radius 2 is 1.79 bits per heavy atom. The molecule has 0 spiro atoms. The third kappa shape index (κ3) is 3.31. The van der Waals surface area contributed by atoms with Crippen LogP contribution in [-0.2, 0) is 9.59 Å². The Balaban J connectivity index is 1.25. The number of allylic oxidation sites excluding steroid dienone is 2. The van der Waals surface area contributed by atoms with Crippen molar-refractivity contribution in [1.29, 1.82) is 0 Å². The highest BCUT2D eigenvalue weighted by Gasteiger charge is 2.61. The number of anilines is 1. The van der Waals surface area contributed by atoms with Gasteiger partial charge >= 0.3 is 0 Å². The lowest BCUT2D eigenvalue weighted by Crippen LogP contribution is -2.55. The average molecular weight is 467 g/mol. The lowest BCUT2D eigenvalue weighted by molar-refractivity contribution is -0.139. The van der Waals surface area contributed by atoms with Crippen molar-refractivity contribution in [3.63, 3.8) is 0 Å². The molecule has 1 aromatic rings. The molecule has 6 rings (SSSR count). The number of carbonyl (C=O) groups excluding carboxylic acids is 2. The fourth-order valence-corrected chi connectivity index (χ4v) is 8.44. The maximum absolute atomic E-state index is 13.4. The van der Waals surface area contributed by atoms with Crippen molar-refractivity contribution in [1.82, 2.24) is 4.90 Å². The molecule has 0 radical (unpaired) electrons. The van der Waals surface area contributed by atoms with Crippen molar-refractivity contribution in [2.24, 2.45) is 34.5 Å². The predicted molar refractivity (Wildman–Crippen MR) is 131 cm³/mol. The lowest BCUT2D eigenvalue weighted by atomic mass is 9.49. The first-order chi connectivity index (χ1) is 15.8. The van der Waals surface area contributed by atoms with Crippen LogP contribution in [-0.4, -0.2) is 22.8 Å². The maximum atomic E-state index is 13.4. The van der Waals surface area contributed by atoms with Gasteiger partial charge < -0.3 is 10.2 Å². The van der Waals surface area contributed by atoms with Crippen LogP contribution in [0.3, 0.4) is 0 Å². The summed E-state index contributed by atoms with van der Waals surface area (Å²) in [6.07, 6.45) is 11.9. The summed E-state index contributed by atoms with van der Waals surface area (Å²) in [5.74, 6) is 2.41. The molecule has 0 unspecified atom stereocenters. The van der Waals surface area contributed by atoms with Gasteiger partial charge in [0.2, 0.25) is 11.8 Å². The molecule has 6 atom stereocenters. The molecule has 1 heterocycles. The van der Waals surface area contributed by atoms with Gasteiger partial charge in [0.15, 0.2) is 0 Å². The first-order valence-corrected chi connectivity index (χ1v) is 13.3. The van der Waals surface area contributed by atoms with Crippen molar-refractivity contribution < 1.29 is 9.59 Å². The van der Waals surface area contributed by atoms with Crippen molar-refractivity contribution >= 4 is 29.1 Å². The van der Waals surface area contributed by atoms with Crippen LogP contribution in [0.15, 0.2) is 36.0 Å². The fourth-order valence-electron chi connectivity index (χ4n) is 8.31. The second-order valence-electron chi connectivity index (χ2n) is 11.8. The number of fused-ring (bicyclic) bond motifs is 5. The summed E-state index contributed by atoms with van der Waals surface area (Å²) in [7, 11) is 0. The molecule has 2 amide bonds. The Morgan fingerprint density at radius 3 is 2.52 bits per heavy atom. The molecule has 5 aliphatic rings. The van der Waals surface area contributed by atoms with Crippen molar-refractivity contribution in [3.05, 3.63) is 41.1 Å². The molecule has 176 valence electrons. The second kappa shape index (κ2) is 7.60. The maximum Gasteiger partial charge on any atom is 0.228 e. The molecule has 0 bridgehead atoms. The number of rotatable bonds is 3. The van der Waals surface area contributed by atoms with Gasteiger partial charge in [0, 0.05) is 40.2 Å². The minimum atomic E-state index is 0.0556. The number of nitrogens with one attached hydrogen (secondary N) is 1. The Morgan fingerprint density at radius 1 is 1.03 bits per heavy atom. The van der Waals surface area contributed by atoms with Crippen LogP contribution >= 0.6 is 11.6 Å². The standard InChI is InChI=1S/C28H35ClN2O2/c1-27-15-13-22-20(9-12-24-28(22,2)16-14-25(32)31(24)19-7-8-19)21(27)10-11-23(27)26(33)30-18-5-3-17(29)4-6-18/h3-6,12,19-23H,7-11,13-16H2,1-2H3,(H,30,33)/t20-,21-,22-,23+,27-,28+/m0/s1. The van der Waals surface area contributed by atoms with Gasteiger partial charge in [-0.05, 0) is 98.8 Å². The number of carbonyl (C=O) groups is 2. The zero-order valence-electron chi connectivity index (χ0n) is 19.8. The molecule has 4 aliphatic carbocycles. The lowest BCUT2D eigenvalue weighted by Gasteiger charge is -2.58. The van der Waals surface area contributed by atoms with Gasteiger partial charge in [-0.1, -0.05) is 31.5 Å². The molecule has 4 nitrogen and oxygen atoms in total. The van der Waals surface area contributed by atoms with Crippen molar-refractivity contribution in [2.75, 3.05) is 5.32 Å². The number of nitrogens with zero attached hydrogens (tertiary/aromatic N) is 1. The zero-order chi connectivity index (χ0) is 23.0. The number of likely N-dealkylation sites (tertiary alicyclic amines) is 1. The van der Waals surface area contributed by atoms with Gasteiger partial charge in [-0.25, -0.2) is 0 Å². The van der Waals surface area contributed by atoms with Crippen LogP contribution in [0.1, 0.15) is 71.6 Å². The van der Waals surface area contributed by atoms with E-state index < -0.39 is 0 Å². The Labute approximate surface area is 202 Å². The van der Waals surface area contributed by atoms with E-state index in [0.717, 1.165) is 37.8 Å². The van der Waals surface area contributed by atoms with Crippen molar-refractivity contribution in [2.45, 2.75) is 77.7 Å². The summed E-state index contributed by atoms with van der Waals surface area (Å²) in [6.45, 7) is 4.83. The second-order valence-corrected chi connectivity index (χ2v) is 12.2. The molecule has 1 aromatic carbocycles. The van der Waals surface area contributed by atoms with E-state index in [1.807, 2.05) is 24.3 Å². The third-order valence-corrected chi connectivity index (χ3v) is 10.4. The van der Waals surface area contributed by atoms with E-state index >= 15 is 0 Å². The van der Waals surface area contributed by atoms with Crippen LogP contribution in [0.2, 0.25) is 5.02 Å². The largest absolute Gasteiger partial charge is 0.326 e. The third-order valence-electron chi connectivity index (χ3n) is 10.2. The Kier molecular flexibility index (Phi) is 5.00. The summed E-state index contributed by atoms with van der Waals surface area (Å²) < 4.78 is 0. The summed E-state index contributed by atoms with van der Waals surface area (Å²) in [5, 5.41) is 3.85. The van der Waals surface area contributed by atoms with Crippen LogP contribution in [0.25, 0.3) is 0 Å². The fraction of sp³-hybridized carbons (Fsp3) is 0.643. The molecule has 3 saturated carbocycles.